The van der Waals surface area contributed by atoms with Crippen LogP contribution >= 0.6 is 0 Å². The molecule has 1 fully saturated rings. The van der Waals surface area contributed by atoms with Gasteiger partial charge < -0.3 is 19.5 Å². The van der Waals surface area contributed by atoms with Gasteiger partial charge in [-0.3, -0.25) is 0 Å². The Kier molecular flexibility index (Phi) is 5.38. The third kappa shape index (κ3) is 4.05. The molecule has 1 aliphatic heterocycles. The van der Waals surface area contributed by atoms with Crippen LogP contribution in [0.3, 0.4) is 0 Å². The van der Waals surface area contributed by atoms with Crippen molar-refractivity contribution in [2.75, 3.05) is 13.6 Å². The fraction of sp³-hybridized carbons (Fsp3) is 0.435. The molecule has 4 rings (SSSR count). The van der Waals surface area contributed by atoms with E-state index in [9.17, 15) is 9.90 Å². The van der Waals surface area contributed by atoms with Crippen LogP contribution in [0.2, 0.25) is 0 Å². The van der Waals surface area contributed by atoms with Gasteiger partial charge in [0.15, 0.2) is 0 Å². The monoisotopic (exact) mass is 381 g/mol. The normalized spacial score (nSPS) is 21.6. The Bertz CT molecular complexity index is 830. The van der Waals surface area contributed by atoms with Gasteiger partial charge in [0.25, 0.3) is 0 Å². The second-order valence-corrected chi connectivity index (χ2v) is 8.04. The smallest absolute Gasteiger partial charge is 0.395 e. The summed E-state index contributed by atoms with van der Waals surface area (Å²) < 4.78 is 10.6. The van der Waals surface area contributed by atoms with E-state index in [0.717, 1.165) is 44.3 Å². The van der Waals surface area contributed by atoms with E-state index in [1.165, 1.54) is 12.0 Å². The molecule has 2 aliphatic rings. The lowest BCUT2D eigenvalue weighted by atomic mass is 9.70. The van der Waals surface area contributed by atoms with Crippen LogP contribution in [-0.4, -0.2) is 35.4 Å². The van der Waals surface area contributed by atoms with Crippen molar-refractivity contribution in [1.82, 2.24) is 4.90 Å². The summed E-state index contributed by atoms with van der Waals surface area (Å²) in [6.07, 6.45) is 4.32. The summed E-state index contributed by atoms with van der Waals surface area (Å²) in [5, 5.41) is 11.3. The van der Waals surface area contributed by atoms with Gasteiger partial charge in [0, 0.05) is 19.0 Å². The highest BCUT2D eigenvalue weighted by molar-refractivity contribution is 5.67. The van der Waals surface area contributed by atoms with Crippen LogP contribution in [0.15, 0.2) is 48.5 Å². The lowest BCUT2D eigenvalue weighted by Gasteiger charge is -2.44. The highest BCUT2D eigenvalue weighted by atomic mass is 16.7. The van der Waals surface area contributed by atoms with Crippen molar-refractivity contribution in [2.24, 2.45) is 0 Å². The molecule has 1 heterocycles. The number of carbonyl (C=O) groups excluding carboxylic acids is 1. The minimum atomic E-state index is -0.752. The maximum absolute atomic E-state index is 12.1. The standard InChI is InChI=1S/C23H27NO4/c1-24-15-17-14-19(28-22(25)27-18-8-4-2-5-9-18)10-11-20(17)21(16-24)23(26)12-6-3-7-13-23/h2,4-5,8-11,14,21,26H,3,6-7,12-13,15-16H2,1H3. The minimum absolute atomic E-state index is 0.0897. The highest BCUT2D eigenvalue weighted by Crippen LogP contribution is 2.44. The Hall–Kier alpha value is -2.37. The van der Waals surface area contributed by atoms with Crippen molar-refractivity contribution in [1.29, 1.82) is 0 Å². The Balaban J connectivity index is 1.52. The van der Waals surface area contributed by atoms with Gasteiger partial charge >= 0.3 is 6.16 Å². The molecule has 148 valence electrons. The average molecular weight is 381 g/mol. The van der Waals surface area contributed by atoms with Crippen LogP contribution in [-0.2, 0) is 6.54 Å². The quantitative estimate of drug-likeness (QED) is 0.627. The summed E-state index contributed by atoms with van der Waals surface area (Å²) in [4.78, 5) is 14.3. The zero-order valence-electron chi connectivity index (χ0n) is 16.3. The van der Waals surface area contributed by atoms with Crippen molar-refractivity contribution in [3.63, 3.8) is 0 Å². The Morgan fingerprint density at radius 1 is 1.04 bits per heavy atom. The second-order valence-electron chi connectivity index (χ2n) is 8.04. The number of benzene rings is 2. The molecule has 0 aromatic heterocycles. The number of hydrogen-bond donors (Lipinski definition) is 1. The summed E-state index contributed by atoms with van der Waals surface area (Å²) >= 11 is 0. The Morgan fingerprint density at radius 2 is 1.75 bits per heavy atom. The number of para-hydroxylation sites is 1. The number of aliphatic hydroxyl groups is 1. The first-order valence-corrected chi connectivity index (χ1v) is 10.0. The first kappa shape index (κ1) is 19.0. The van der Waals surface area contributed by atoms with Crippen molar-refractivity contribution >= 4 is 6.16 Å². The lowest BCUT2D eigenvalue weighted by molar-refractivity contribution is -0.0333. The summed E-state index contributed by atoms with van der Waals surface area (Å²) in [6, 6.07) is 14.6. The van der Waals surface area contributed by atoms with Gasteiger partial charge in [-0.25, -0.2) is 4.79 Å². The SMILES string of the molecule is CN1Cc2cc(OC(=O)Oc3ccccc3)ccc2C(C2(O)CCCCC2)C1. The molecule has 2 aromatic rings. The van der Waals surface area contributed by atoms with E-state index in [1.54, 1.807) is 30.3 Å². The first-order chi connectivity index (χ1) is 13.5. The zero-order valence-corrected chi connectivity index (χ0v) is 16.3. The molecular formula is C23H27NO4. The fourth-order valence-electron chi connectivity index (χ4n) is 4.56. The van der Waals surface area contributed by atoms with E-state index in [0.29, 0.717) is 11.5 Å². The summed E-state index contributed by atoms with van der Waals surface area (Å²) in [5.41, 5.74) is 1.63. The van der Waals surface area contributed by atoms with E-state index in [2.05, 4.69) is 11.9 Å². The summed E-state index contributed by atoms with van der Waals surface area (Å²) in [6.45, 7) is 1.62. The van der Waals surface area contributed by atoms with Crippen molar-refractivity contribution < 1.29 is 19.4 Å². The third-order valence-electron chi connectivity index (χ3n) is 5.94. The van der Waals surface area contributed by atoms with E-state index in [4.69, 9.17) is 9.47 Å². The molecule has 5 nitrogen and oxygen atoms in total. The number of rotatable bonds is 3. The predicted octanol–water partition coefficient (Wildman–Crippen LogP) is 4.49. The molecule has 5 heteroatoms. The molecule has 1 aliphatic carbocycles. The number of ether oxygens (including phenoxy) is 2. The lowest BCUT2D eigenvalue weighted by Crippen LogP contribution is -2.46. The fourth-order valence-corrected chi connectivity index (χ4v) is 4.56. The molecule has 28 heavy (non-hydrogen) atoms. The average Bonchev–Trinajstić information content (AvgIpc) is 2.68. The minimum Gasteiger partial charge on any atom is -0.395 e. The van der Waals surface area contributed by atoms with Gasteiger partial charge in [0.1, 0.15) is 11.5 Å². The molecule has 0 spiro atoms. The van der Waals surface area contributed by atoms with E-state index in [1.807, 2.05) is 18.2 Å². The van der Waals surface area contributed by atoms with Crippen LogP contribution in [0.4, 0.5) is 4.79 Å². The van der Waals surface area contributed by atoms with E-state index in [-0.39, 0.29) is 5.92 Å². The molecule has 0 saturated heterocycles. The van der Waals surface area contributed by atoms with Crippen LogP contribution in [0.1, 0.15) is 49.1 Å². The molecule has 1 atom stereocenters. The number of hydrogen-bond acceptors (Lipinski definition) is 5. The number of fused-ring (bicyclic) bond motifs is 1. The molecule has 0 amide bonds. The number of carbonyl (C=O) groups is 1. The van der Waals surface area contributed by atoms with Gasteiger partial charge in [0.2, 0.25) is 0 Å². The number of nitrogens with zero attached hydrogens (tertiary/aromatic N) is 1. The van der Waals surface area contributed by atoms with Crippen molar-refractivity contribution in [2.45, 2.75) is 50.2 Å². The van der Waals surface area contributed by atoms with Crippen molar-refractivity contribution in [3.05, 3.63) is 59.7 Å². The van der Waals surface area contributed by atoms with Crippen LogP contribution < -0.4 is 9.47 Å². The molecule has 1 N–H and O–H groups in total. The number of likely N-dealkylation sites (N-methyl/N-ethyl adjacent to an activating group) is 1. The predicted molar refractivity (Wildman–Crippen MR) is 107 cm³/mol. The topological polar surface area (TPSA) is 59.0 Å². The summed E-state index contributed by atoms with van der Waals surface area (Å²) in [5.74, 6) is 1.00. The zero-order chi connectivity index (χ0) is 19.6. The van der Waals surface area contributed by atoms with Gasteiger partial charge in [0.05, 0.1) is 5.60 Å². The molecule has 2 aromatic carbocycles. The molecule has 0 radical (unpaired) electrons. The third-order valence-corrected chi connectivity index (χ3v) is 5.94. The van der Waals surface area contributed by atoms with Crippen LogP contribution in [0.5, 0.6) is 11.5 Å². The summed E-state index contributed by atoms with van der Waals surface area (Å²) in [7, 11) is 2.07. The highest BCUT2D eigenvalue weighted by Gasteiger charge is 2.41. The van der Waals surface area contributed by atoms with Crippen molar-refractivity contribution in [3.8, 4) is 11.5 Å². The molecule has 1 unspecified atom stereocenters. The van der Waals surface area contributed by atoms with Crippen LogP contribution in [0.25, 0.3) is 0 Å². The van der Waals surface area contributed by atoms with Crippen LogP contribution in [0, 0.1) is 0 Å². The van der Waals surface area contributed by atoms with E-state index >= 15 is 0 Å². The van der Waals surface area contributed by atoms with E-state index < -0.39 is 11.8 Å². The van der Waals surface area contributed by atoms with Gasteiger partial charge in [-0.15, -0.1) is 0 Å². The maximum Gasteiger partial charge on any atom is 0.519 e. The second kappa shape index (κ2) is 7.94. The Labute approximate surface area is 165 Å². The molecule has 0 bridgehead atoms. The maximum atomic E-state index is 12.1. The van der Waals surface area contributed by atoms with Gasteiger partial charge in [-0.05, 0) is 55.3 Å². The van der Waals surface area contributed by atoms with Gasteiger partial charge in [-0.1, -0.05) is 43.5 Å². The Morgan fingerprint density at radius 3 is 2.50 bits per heavy atom. The largest absolute Gasteiger partial charge is 0.519 e. The van der Waals surface area contributed by atoms with Gasteiger partial charge in [-0.2, -0.15) is 0 Å². The molecular weight excluding hydrogens is 354 g/mol. The first-order valence-electron chi connectivity index (χ1n) is 10.0. The molecule has 1 saturated carbocycles.